The Labute approximate surface area is 258 Å². The zero-order chi connectivity index (χ0) is 31.0. The summed E-state index contributed by atoms with van der Waals surface area (Å²) in [4.78, 5) is 31.0. The smallest absolute Gasteiger partial charge is 0.310 e. The van der Waals surface area contributed by atoms with Crippen molar-refractivity contribution >= 4 is 45.2 Å². The molecule has 9 nitrogen and oxygen atoms in total. The summed E-state index contributed by atoms with van der Waals surface area (Å²) in [6, 6.07) is 25.6. The minimum atomic E-state index is -0.786. The Morgan fingerprint density at radius 3 is 1.77 bits per heavy atom. The van der Waals surface area contributed by atoms with Crippen LogP contribution in [0.25, 0.3) is 44.6 Å². The Balaban J connectivity index is 0.000000162. The maximum atomic E-state index is 11.1. The Morgan fingerprint density at radius 2 is 1.23 bits per heavy atom. The number of fused-ring (bicyclic) bond motifs is 2. The van der Waals surface area contributed by atoms with Crippen LogP contribution in [0.2, 0.25) is 5.15 Å². The number of carboxylic acid groups (broad SMARTS) is 1. The van der Waals surface area contributed by atoms with E-state index in [0.717, 1.165) is 32.9 Å². The number of benzene rings is 4. The van der Waals surface area contributed by atoms with Crippen LogP contribution in [-0.2, 0) is 4.79 Å². The van der Waals surface area contributed by atoms with Gasteiger partial charge in [-0.15, -0.1) is 0 Å². The van der Waals surface area contributed by atoms with Crippen molar-refractivity contribution in [2.45, 2.75) is 13.8 Å². The number of hydrogen-bond donors (Lipinski definition) is 3. The van der Waals surface area contributed by atoms with E-state index in [2.05, 4.69) is 19.9 Å². The van der Waals surface area contributed by atoms with Gasteiger partial charge in [0.2, 0.25) is 0 Å². The molecule has 0 saturated carbocycles. The van der Waals surface area contributed by atoms with Crippen molar-refractivity contribution in [2.24, 2.45) is 5.92 Å². The molecule has 0 spiro atoms. The normalized spacial score (nSPS) is 12.9. The first kappa shape index (κ1) is 28.8. The number of carboxylic acids is 1. The van der Waals surface area contributed by atoms with Gasteiger partial charge in [0.25, 0.3) is 0 Å². The first-order chi connectivity index (χ1) is 21.2. The van der Waals surface area contributed by atoms with E-state index in [1.807, 2.05) is 67.3 Å². The largest absolute Gasteiger partial charge is 0.507 e. The lowest BCUT2D eigenvalue weighted by molar-refractivity contribution is -0.142. The van der Waals surface area contributed by atoms with Crippen molar-refractivity contribution in [3.05, 3.63) is 101 Å². The number of aliphatic carboxylic acids is 1. The predicted molar refractivity (Wildman–Crippen MR) is 171 cm³/mol. The topological polar surface area (TPSA) is 133 Å². The van der Waals surface area contributed by atoms with Crippen LogP contribution in [0, 0.1) is 19.8 Å². The number of rotatable bonds is 4. The molecule has 10 heteroatoms. The Kier molecular flexibility index (Phi) is 7.71. The van der Waals surface area contributed by atoms with Gasteiger partial charge in [-0.2, -0.15) is 0 Å². The van der Waals surface area contributed by atoms with Gasteiger partial charge in [-0.1, -0.05) is 48.0 Å². The number of para-hydroxylation sites is 2. The fraction of sp³-hybridized carbons (Fsp3) is 0.147. The molecule has 0 radical (unpaired) electrons. The van der Waals surface area contributed by atoms with E-state index in [0.29, 0.717) is 46.8 Å². The number of phenols is 2. The molecule has 0 aliphatic carbocycles. The van der Waals surface area contributed by atoms with Crippen LogP contribution >= 0.6 is 11.6 Å². The molecule has 1 aliphatic rings. The molecule has 1 fully saturated rings. The first-order valence-corrected chi connectivity index (χ1v) is 14.3. The lowest BCUT2D eigenvalue weighted by Crippen LogP contribution is -2.51. The van der Waals surface area contributed by atoms with E-state index in [-0.39, 0.29) is 17.4 Å². The Hall–Kier alpha value is -5.28. The van der Waals surface area contributed by atoms with Crippen molar-refractivity contribution < 1.29 is 20.1 Å². The van der Waals surface area contributed by atoms with E-state index < -0.39 is 5.97 Å². The molecule has 3 heterocycles. The zero-order valence-corrected chi connectivity index (χ0v) is 24.7. The Morgan fingerprint density at radius 1 is 0.727 bits per heavy atom. The van der Waals surface area contributed by atoms with E-state index in [1.54, 1.807) is 36.4 Å². The SMILES string of the molecule is Cc1ccc2c(Cl)nc(-c3ccccc3O)nc2c1.Cc1ccc2c(N3CC(C(=O)O)C3)nc(-c3ccccc3O)nc2c1. The molecule has 44 heavy (non-hydrogen) atoms. The van der Waals surface area contributed by atoms with Gasteiger partial charge in [0.1, 0.15) is 22.5 Å². The van der Waals surface area contributed by atoms with Crippen LogP contribution < -0.4 is 4.90 Å². The molecule has 1 aliphatic heterocycles. The number of aryl methyl sites for hydroxylation is 2. The van der Waals surface area contributed by atoms with Gasteiger partial charge >= 0.3 is 5.97 Å². The minimum Gasteiger partial charge on any atom is -0.507 e. The van der Waals surface area contributed by atoms with Gasteiger partial charge in [0.15, 0.2) is 11.6 Å². The molecule has 0 unspecified atom stereocenters. The second kappa shape index (κ2) is 11.8. The molecule has 4 aromatic carbocycles. The molecule has 3 N–H and O–H groups in total. The summed E-state index contributed by atoms with van der Waals surface area (Å²) >= 11 is 6.18. The number of hydrogen-bond acceptors (Lipinski definition) is 8. The summed E-state index contributed by atoms with van der Waals surface area (Å²) in [6.45, 7) is 4.84. The third-order valence-electron chi connectivity index (χ3n) is 7.46. The summed E-state index contributed by atoms with van der Waals surface area (Å²) < 4.78 is 0. The van der Waals surface area contributed by atoms with Crippen molar-refractivity contribution in [3.63, 3.8) is 0 Å². The summed E-state index contributed by atoms with van der Waals surface area (Å²) in [5, 5.41) is 31.2. The van der Waals surface area contributed by atoms with E-state index in [4.69, 9.17) is 16.7 Å². The molecule has 1 saturated heterocycles. The average Bonchev–Trinajstić information content (AvgIpc) is 2.96. The highest BCUT2D eigenvalue weighted by Crippen LogP contribution is 2.35. The summed E-state index contributed by atoms with van der Waals surface area (Å²) in [7, 11) is 0. The number of aromatic nitrogens is 4. The number of carbonyl (C=O) groups is 1. The van der Waals surface area contributed by atoms with Gasteiger partial charge in [0.05, 0.1) is 28.1 Å². The second-order valence-electron chi connectivity index (χ2n) is 10.7. The molecular formula is C34H28ClN5O4. The summed E-state index contributed by atoms with van der Waals surface area (Å²) in [5.41, 5.74) is 4.87. The third kappa shape index (κ3) is 5.69. The molecule has 6 aromatic rings. The molecule has 2 aromatic heterocycles. The lowest BCUT2D eigenvalue weighted by Gasteiger charge is -2.38. The lowest BCUT2D eigenvalue weighted by atomic mass is 9.99. The molecule has 0 atom stereocenters. The van der Waals surface area contributed by atoms with Crippen LogP contribution in [0.15, 0.2) is 84.9 Å². The highest BCUT2D eigenvalue weighted by molar-refractivity contribution is 6.34. The van der Waals surface area contributed by atoms with Crippen LogP contribution in [0.4, 0.5) is 5.82 Å². The standard InChI is InChI=1S/C19H17N3O3.C15H11ClN2O/c1-11-6-7-13-15(8-11)20-17(14-4-2-3-5-16(14)23)21-18(13)22-9-12(10-22)19(24)25;1-9-6-7-10-12(8-9)17-15(18-14(10)16)11-4-2-3-5-13(11)19/h2-8,12,23H,9-10H2,1H3,(H,24,25);2-8,19H,1H3. The van der Waals surface area contributed by atoms with Gasteiger partial charge in [-0.25, -0.2) is 19.9 Å². The number of phenolic OH excluding ortho intramolecular Hbond substituents is 2. The molecule has 0 bridgehead atoms. The summed E-state index contributed by atoms with van der Waals surface area (Å²) in [6.07, 6.45) is 0. The van der Waals surface area contributed by atoms with Crippen molar-refractivity contribution in [2.75, 3.05) is 18.0 Å². The molecular weight excluding hydrogens is 578 g/mol. The Bertz CT molecular complexity index is 2050. The van der Waals surface area contributed by atoms with Crippen LogP contribution in [-0.4, -0.2) is 54.3 Å². The van der Waals surface area contributed by atoms with Gasteiger partial charge in [0, 0.05) is 23.9 Å². The predicted octanol–water partition coefficient (Wildman–Crippen LogP) is 6.80. The second-order valence-corrected chi connectivity index (χ2v) is 11.1. The maximum Gasteiger partial charge on any atom is 0.310 e. The fourth-order valence-corrected chi connectivity index (χ4v) is 5.28. The van der Waals surface area contributed by atoms with Crippen molar-refractivity contribution in [3.8, 4) is 34.3 Å². The highest BCUT2D eigenvalue weighted by atomic mass is 35.5. The third-order valence-corrected chi connectivity index (χ3v) is 7.75. The van der Waals surface area contributed by atoms with Gasteiger partial charge in [-0.05, 0) is 73.5 Å². The minimum absolute atomic E-state index is 0.118. The number of anilines is 1. The number of nitrogens with zero attached hydrogens (tertiary/aromatic N) is 5. The highest BCUT2D eigenvalue weighted by Gasteiger charge is 2.34. The molecule has 220 valence electrons. The maximum absolute atomic E-state index is 11.1. The monoisotopic (exact) mass is 605 g/mol. The van der Waals surface area contributed by atoms with E-state index in [9.17, 15) is 15.0 Å². The van der Waals surface area contributed by atoms with Gasteiger partial charge < -0.3 is 20.2 Å². The van der Waals surface area contributed by atoms with E-state index >= 15 is 0 Å². The number of aromatic hydroxyl groups is 2. The quantitative estimate of drug-likeness (QED) is 0.186. The van der Waals surface area contributed by atoms with Crippen molar-refractivity contribution in [1.82, 2.24) is 19.9 Å². The van der Waals surface area contributed by atoms with Crippen LogP contribution in [0.5, 0.6) is 11.5 Å². The van der Waals surface area contributed by atoms with Gasteiger partial charge in [-0.3, -0.25) is 4.79 Å². The van der Waals surface area contributed by atoms with Crippen molar-refractivity contribution in [1.29, 1.82) is 0 Å². The molecule has 0 amide bonds. The average molecular weight is 606 g/mol. The number of halogens is 1. The van der Waals surface area contributed by atoms with Crippen LogP contribution in [0.3, 0.4) is 0 Å². The molecule has 7 rings (SSSR count). The van der Waals surface area contributed by atoms with E-state index in [1.165, 1.54) is 0 Å². The summed E-state index contributed by atoms with van der Waals surface area (Å²) in [5.74, 6) is 0.681. The fourth-order valence-electron chi connectivity index (χ4n) is 5.04. The first-order valence-electron chi connectivity index (χ1n) is 13.9. The zero-order valence-electron chi connectivity index (χ0n) is 23.9. The van der Waals surface area contributed by atoms with Crippen LogP contribution in [0.1, 0.15) is 11.1 Å².